The monoisotopic (exact) mass is 428 g/mol. The second-order valence-corrected chi connectivity index (χ2v) is 7.83. The Kier molecular flexibility index (Phi) is 7.15. The lowest BCUT2D eigenvalue weighted by Gasteiger charge is -2.31. The molecule has 0 spiro atoms. The summed E-state index contributed by atoms with van der Waals surface area (Å²) in [5.74, 6) is -0.502. The van der Waals surface area contributed by atoms with Crippen molar-refractivity contribution >= 4 is 23.2 Å². The summed E-state index contributed by atoms with van der Waals surface area (Å²) in [6.45, 7) is 3.58. The first kappa shape index (κ1) is 21.6. The van der Waals surface area contributed by atoms with Gasteiger partial charge in [-0.05, 0) is 29.8 Å². The molecule has 1 fully saturated rings. The van der Waals surface area contributed by atoms with Gasteiger partial charge < -0.3 is 20.9 Å². The van der Waals surface area contributed by atoms with Crippen molar-refractivity contribution in [2.75, 3.05) is 36.4 Å². The molecule has 0 saturated carbocycles. The van der Waals surface area contributed by atoms with Gasteiger partial charge in [0.15, 0.2) is 0 Å². The first-order valence-corrected chi connectivity index (χ1v) is 11.0. The summed E-state index contributed by atoms with van der Waals surface area (Å²) < 4.78 is 0. The smallest absolute Gasteiger partial charge is 0.251 e. The Hall–Kier alpha value is -3.64. The number of carbonyl (C=O) groups is 2. The first-order chi connectivity index (χ1) is 15.7. The van der Waals surface area contributed by atoms with Gasteiger partial charge in [-0.3, -0.25) is 9.59 Å². The van der Waals surface area contributed by atoms with Gasteiger partial charge in [0.1, 0.15) is 6.04 Å². The van der Waals surface area contributed by atoms with Gasteiger partial charge in [-0.1, -0.05) is 60.7 Å². The number of anilines is 2. The number of piperazine rings is 1. The molecule has 6 heteroatoms. The van der Waals surface area contributed by atoms with Crippen LogP contribution in [0.4, 0.5) is 11.4 Å². The number of rotatable bonds is 7. The minimum atomic E-state index is -0.707. The normalized spacial score (nSPS) is 14.4. The molecule has 1 heterocycles. The highest BCUT2D eigenvalue weighted by Crippen LogP contribution is 2.26. The molecule has 3 aromatic carbocycles. The zero-order valence-corrected chi connectivity index (χ0v) is 18.0. The molecule has 0 bridgehead atoms. The van der Waals surface area contributed by atoms with Crippen LogP contribution in [0.25, 0.3) is 0 Å². The van der Waals surface area contributed by atoms with Gasteiger partial charge in [-0.25, -0.2) is 0 Å². The predicted octanol–water partition coefficient (Wildman–Crippen LogP) is 3.08. The van der Waals surface area contributed by atoms with Crippen LogP contribution >= 0.6 is 0 Å². The van der Waals surface area contributed by atoms with Crippen molar-refractivity contribution in [1.82, 2.24) is 10.6 Å². The van der Waals surface area contributed by atoms with Gasteiger partial charge in [0.2, 0.25) is 5.91 Å². The minimum Gasteiger partial charge on any atom is -0.367 e. The Morgan fingerprint density at radius 1 is 0.844 bits per heavy atom. The summed E-state index contributed by atoms with van der Waals surface area (Å²) in [7, 11) is 0. The Labute approximate surface area is 188 Å². The second kappa shape index (κ2) is 10.6. The van der Waals surface area contributed by atoms with E-state index in [2.05, 4.69) is 20.9 Å². The van der Waals surface area contributed by atoms with E-state index in [9.17, 15) is 9.59 Å². The summed E-state index contributed by atoms with van der Waals surface area (Å²) in [5, 5.41) is 9.35. The summed E-state index contributed by atoms with van der Waals surface area (Å²) in [6, 6.07) is 25.8. The van der Waals surface area contributed by atoms with Crippen molar-refractivity contribution < 1.29 is 9.59 Å². The van der Waals surface area contributed by atoms with E-state index in [0.717, 1.165) is 43.1 Å². The van der Waals surface area contributed by atoms with Gasteiger partial charge in [0.25, 0.3) is 5.91 Å². The lowest BCUT2D eigenvalue weighted by molar-refractivity contribution is -0.118. The van der Waals surface area contributed by atoms with Crippen LogP contribution in [0.3, 0.4) is 0 Å². The van der Waals surface area contributed by atoms with Gasteiger partial charge >= 0.3 is 0 Å². The van der Waals surface area contributed by atoms with Gasteiger partial charge in [-0.2, -0.15) is 0 Å². The molecule has 32 heavy (non-hydrogen) atoms. The van der Waals surface area contributed by atoms with Gasteiger partial charge in [0, 0.05) is 38.2 Å². The number of carbonyl (C=O) groups excluding carboxylic acids is 2. The standard InChI is InChI=1S/C26H28N4O2/c31-25(21-11-5-2-6-12-21)29-23(19-20-9-3-1-4-10-20)26(32)28-22-13-7-8-14-24(22)30-17-15-27-16-18-30/h1-14,23,27H,15-19H2,(H,28,32)(H,29,31)/t23-/m0/s1. The molecular weight excluding hydrogens is 400 g/mol. The lowest BCUT2D eigenvalue weighted by Crippen LogP contribution is -2.46. The Morgan fingerprint density at radius 3 is 2.19 bits per heavy atom. The maximum atomic E-state index is 13.4. The number of benzene rings is 3. The Balaban J connectivity index is 1.54. The predicted molar refractivity (Wildman–Crippen MR) is 128 cm³/mol. The SMILES string of the molecule is O=C(N[C@@H](Cc1ccccc1)C(=O)Nc1ccccc1N1CCNCC1)c1ccccc1. The number of nitrogens with one attached hydrogen (secondary N) is 3. The van der Waals surface area contributed by atoms with Crippen molar-refractivity contribution in [3.8, 4) is 0 Å². The van der Waals surface area contributed by atoms with E-state index in [1.807, 2.05) is 72.8 Å². The number of amides is 2. The van der Waals surface area contributed by atoms with Crippen LogP contribution < -0.4 is 20.9 Å². The van der Waals surface area contributed by atoms with Crippen LogP contribution in [0, 0.1) is 0 Å². The molecule has 0 aliphatic carbocycles. The molecule has 3 aromatic rings. The van der Waals surface area contributed by atoms with Crippen LogP contribution in [-0.2, 0) is 11.2 Å². The highest BCUT2D eigenvalue weighted by molar-refractivity contribution is 6.02. The van der Waals surface area contributed by atoms with Crippen LogP contribution in [0.2, 0.25) is 0 Å². The van der Waals surface area contributed by atoms with E-state index in [4.69, 9.17) is 0 Å². The topological polar surface area (TPSA) is 73.5 Å². The van der Waals surface area contributed by atoms with Crippen molar-refractivity contribution in [2.45, 2.75) is 12.5 Å². The van der Waals surface area contributed by atoms with Gasteiger partial charge in [-0.15, -0.1) is 0 Å². The number of para-hydroxylation sites is 2. The summed E-state index contributed by atoms with van der Waals surface area (Å²) in [4.78, 5) is 28.4. The van der Waals surface area contributed by atoms with E-state index in [1.165, 1.54) is 0 Å². The highest BCUT2D eigenvalue weighted by atomic mass is 16.2. The molecule has 3 N–H and O–H groups in total. The maximum Gasteiger partial charge on any atom is 0.251 e. The third kappa shape index (κ3) is 5.53. The molecule has 1 aliphatic rings. The van der Waals surface area contributed by atoms with E-state index < -0.39 is 6.04 Å². The zero-order valence-electron chi connectivity index (χ0n) is 18.0. The summed E-state index contributed by atoms with van der Waals surface area (Å²) in [6.07, 6.45) is 0.404. The third-order valence-electron chi connectivity index (χ3n) is 5.56. The maximum absolute atomic E-state index is 13.4. The fraction of sp³-hybridized carbons (Fsp3) is 0.231. The van der Waals surface area contributed by atoms with Gasteiger partial charge in [0.05, 0.1) is 11.4 Å². The molecule has 1 aliphatic heterocycles. The average Bonchev–Trinajstić information content (AvgIpc) is 2.85. The molecule has 1 atom stereocenters. The van der Waals surface area contributed by atoms with E-state index in [0.29, 0.717) is 12.0 Å². The Bertz CT molecular complexity index is 1030. The molecule has 0 radical (unpaired) electrons. The largest absolute Gasteiger partial charge is 0.367 e. The van der Waals surface area contributed by atoms with Crippen LogP contribution in [0.5, 0.6) is 0 Å². The molecule has 164 valence electrons. The van der Waals surface area contributed by atoms with Crippen molar-refractivity contribution in [1.29, 1.82) is 0 Å². The molecule has 0 unspecified atom stereocenters. The Morgan fingerprint density at radius 2 is 1.47 bits per heavy atom. The van der Waals surface area contributed by atoms with E-state index in [-0.39, 0.29) is 11.8 Å². The summed E-state index contributed by atoms with van der Waals surface area (Å²) in [5.41, 5.74) is 3.26. The van der Waals surface area contributed by atoms with E-state index >= 15 is 0 Å². The van der Waals surface area contributed by atoms with Crippen molar-refractivity contribution in [2.24, 2.45) is 0 Å². The highest BCUT2D eigenvalue weighted by Gasteiger charge is 2.24. The molecular formula is C26H28N4O2. The minimum absolute atomic E-state index is 0.235. The first-order valence-electron chi connectivity index (χ1n) is 11.0. The number of nitrogens with zero attached hydrogens (tertiary/aromatic N) is 1. The fourth-order valence-electron chi connectivity index (χ4n) is 3.87. The quantitative estimate of drug-likeness (QED) is 0.541. The average molecular weight is 429 g/mol. The molecule has 4 rings (SSSR count). The van der Waals surface area contributed by atoms with Crippen molar-refractivity contribution in [3.63, 3.8) is 0 Å². The third-order valence-corrected chi connectivity index (χ3v) is 5.56. The molecule has 0 aromatic heterocycles. The fourth-order valence-corrected chi connectivity index (χ4v) is 3.87. The number of hydrogen-bond donors (Lipinski definition) is 3. The van der Waals surface area contributed by atoms with Crippen LogP contribution in [-0.4, -0.2) is 44.0 Å². The van der Waals surface area contributed by atoms with Crippen molar-refractivity contribution in [3.05, 3.63) is 96.1 Å². The second-order valence-electron chi connectivity index (χ2n) is 7.83. The van der Waals surface area contributed by atoms with Crippen LogP contribution in [0.15, 0.2) is 84.9 Å². The lowest BCUT2D eigenvalue weighted by atomic mass is 10.0. The van der Waals surface area contributed by atoms with Crippen LogP contribution in [0.1, 0.15) is 15.9 Å². The van der Waals surface area contributed by atoms with E-state index in [1.54, 1.807) is 12.1 Å². The molecule has 6 nitrogen and oxygen atoms in total. The summed E-state index contributed by atoms with van der Waals surface area (Å²) >= 11 is 0. The number of hydrogen-bond acceptors (Lipinski definition) is 4. The molecule has 2 amide bonds. The molecule has 1 saturated heterocycles. The zero-order chi connectivity index (χ0) is 22.2.